The second kappa shape index (κ2) is 5.72. The van der Waals surface area contributed by atoms with E-state index in [1.165, 1.54) is 24.5 Å². The molecule has 0 amide bonds. The molecule has 6 nitrogen and oxygen atoms in total. The number of nitro groups is 1. The van der Waals surface area contributed by atoms with E-state index in [2.05, 4.69) is 4.98 Å². The van der Waals surface area contributed by atoms with Crippen molar-refractivity contribution in [3.63, 3.8) is 0 Å². The smallest absolute Gasteiger partial charge is 0.338 e. The first-order valence-corrected chi connectivity index (χ1v) is 5.47. The van der Waals surface area contributed by atoms with Crippen molar-refractivity contribution in [2.45, 2.75) is 6.61 Å². The van der Waals surface area contributed by atoms with Gasteiger partial charge in [-0.25, -0.2) is 4.79 Å². The van der Waals surface area contributed by atoms with Crippen molar-refractivity contribution < 1.29 is 14.5 Å². The molecule has 0 unspecified atom stereocenters. The van der Waals surface area contributed by atoms with E-state index in [1.54, 1.807) is 24.3 Å². The summed E-state index contributed by atoms with van der Waals surface area (Å²) in [5.41, 5.74) is 1.11. The van der Waals surface area contributed by atoms with Gasteiger partial charge in [0, 0.05) is 24.5 Å². The third kappa shape index (κ3) is 3.35. The van der Waals surface area contributed by atoms with Crippen LogP contribution < -0.4 is 0 Å². The van der Waals surface area contributed by atoms with Crippen LogP contribution in [0.25, 0.3) is 0 Å². The number of rotatable bonds is 4. The largest absolute Gasteiger partial charge is 0.457 e. The highest BCUT2D eigenvalue weighted by atomic mass is 16.6. The summed E-state index contributed by atoms with van der Waals surface area (Å²) in [5.74, 6) is -0.458. The zero-order valence-electron chi connectivity index (χ0n) is 9.85. The fourth-order valence-electron chi connectivity index (χ4n) is 1.43. The average Bonchev–Trinajstić information content (AvgIpc) is 2.46. The van der Waals surface area contributed by atoms with Gasteiger partial charge < -0.3 is 4.74 Å². The lowest BCUT2D eigenvalue weighted by Gasteiger charge is -2.04. The Kier molecular flexibility index (Phi) is 3.82. The van der Waals surface area contributed by atoms with Gasteiger partial charge in [0.1, 0.15) is 6.61 Å². The molecule has 0 spiro atoms. The van der Waals surface area contributed by atoms with Crippen molar-refractivity contribution in [2.24, 2.45) is 0 Å². The monoisotopic (exact) mass is 258 g/mol. The molecule has 0 saturated carbocycles. The number of benzene rings is 1. The molecule has 0 aliphatic rings. The Morgan fingerprint density at radius 3 is 2.37 bits per heavy atom. The maximum absolute atomic E-state index is 11.6. The van der Waals surface area contributed by atoms with Crippen LogP contribution in [0.4, 0.5) is 5.69 Å². The number of non-ortho nitro benzene ring substituents is 1. The van der Waals surface area contributed by atoms with Gasteiger partial charge in [0.25, 0.3) is 5.69 Å². The molecule has 1 aromatic carbocycles. The summed E-state index contributed by atoms with van der Waals surface area (Å²) in [6.07, 6.45) is 3.00. The van der Waals surface area contributed by atoms with Gasteiger partial charge in [0.15, 0.2) is 0 Å². The van der Waals surface area contributed by atoms with Crippen LogP contribution in [0.3, 0.4) is 0 Å². The second-order valence-electron chi connectivity index (χ2n) is 3.74. The third-order valence-corrected chi connectivity index (χ3v) is 2.43. The number of ether oxygens (including phenoxy) is 1. The summed E-state index contributed by atoms with van der Waals surface area (Å²) < 4.78 is 5.08. The highest BCUT2D eigenvalue weighted by molar-refractivity contribution is 5.89. The van der Waals surface area contributed by atoms with E-state index in [9.17, 15) is 14.9 Å². The molecule has 0 fully saturated rings. The third-order valence-electron chi connectivity index (χ3n) is 2.43. The number of nitro benzene ring substituents is 1. The number of carbonyl (C=O) groups excluding carboxylic acids is 1. The van der Waals surface area contributed by atoms with Crippen molar-refractivity contribution in [1.29, 1.82) is 0 Å². The quantitative estimate of drug-likeness (QED) is 0.477. The predicted molar refractivity (Wildman–Crippen MR) is 66.5 cm³/mol. The molecular weight excluding hydrogens is 248 g/mol. The van der Waals surface area contributed by atoms with E-state index in [4.69, 9.17) is 4.74 Å². The summed E-state index contributed by atoms with van der Waals surface area (Å²) >= 11 is 0. The molecule has 0 bridgehead atoms. The van der Waals surface area contributed by atoms with E-state index in [-0.39, 0.29) is 12.3 Å². The number of esters is 1. The van der Waals surface area contributed by atoms with E-state index in [1.807, 2.05) is 0 Å². The van der Waals surface area contributed by atoms with Crippen LogP contribution >= 0.6 is 0 Å². The number of hydrogen-bond acceptors (Lipinski definition) is 5. The number of hydrogen-bond donors (Lipinski definition) is 0. The van der Waals surface area contributed by atoms with Crippen molar-refractivity contribution in [3.8, 4) is 0 Å². The van der Waals surface area contributed by atoms with Crippen molar-refractivity contribution >= 4 is 11.7 Å². The Bertz CT molecular complexity index is 581. The predicted octanol–water partition coefficient (Wildman–Crippen LogP) is 2.35. The molecular formula is C13H10N2O4. The first-order chi connectivity index (χ1) is 9.16. The molecule has 0 saturated heterocycles. The van der Waals surface area contributed by atoms with Crippen LogP contribution in [0, 0.1) is 10.1 Å². The summed E-state index contributed by atoms with van der Waals surface area (Å²) in [6, 6.07) is 8.96. The van der Waals surface area contributed by atoms with E-state index >= 15 is 0 Å². The first-order valence-electron chi connectivity index (χ1n) is 5.47. The van der Waals surface area contributed by atoms with Crippen LogP contribution in [0.15, 0.2) is 48.8 Å². The summed E-state index contributed by atoms with van der Waals surface area (Å²) in [6.45, 7) is 0.0686. The normalized spacial score (nSPS) is 9.89. The minimum Gasteiger partial charge on any atom is -0.457 e. The maximum Gasteiger partial charge on any atom is 0.338 e. The van der Waals surface area contributed by atoms with Crippen LogP contribution in [0.2, 0.25) is 0 Å². The fourth-order valence-corrected chi connectivity index (χ4v) is 1.43. The van der Waals surface area contributed by atoms with Gasteiger partial charge in [-0.05, 0) is 29.8 Å². The van der Waals surface area contributed by atoms with E-state index in [0.29, 0.717) is 11.1 Å². The first kappa shape index (κ1) is 12.7. The summed E-state index contributed by atoms with van der Waals surface area (Å²) in [7, 11) is 0. The van der Waals surface area contributed by atoms with Gasteiger partial charge in [-0.3, -0.25) is 15.1 Å². The Labute approximate surface area is 108 Å². The van der Waals surface area contributed by atoms with Gasteiger partial charge in [-0.2, -0.15) is 0 Å². The molecule has 0 radical (unpaired) electrons. The highest BCUT2D eigenvalue weighted by Gasteiger charge is 2.08. The molecule has 1 aromatic heterocycles. The molecule has 1 heterocycles. The number of pyridine rings is 1. The Morgan fingerprint density at radius 2 is 1.79 bits per heavy atom. The van der Waals surface area contributed by atoms with Crippen molar-refractivity contribution in [1.82, 2.24) is 4.98 Å². The van der Waals surface area contributed by atoms with Crippen LogP contribution in [0.5, 0.6) is 0 Å². The van der Waals surface area contributed by atoms with Crippen LogP contribution in [-0.2, 0) is 11.3 Å². The zero-order chi connectivity index (χ0) is 13.7. The minimum absolute atomic E-state index is 0.00390. The summed E-state index contributed by atoms with van der Waals surface area (Å²) in [4.78, 5) is 25.4. The molecule has 19 heavy (non-hydrogen) atoms. The van der Waals surface area contributed by atoms with E-state index in [0.717, 1.165) is 0 Å². The molecule has 6 heteroatoms. The number of nitrogens with zero attached hydrogens (tertiary/aromatic N) is 2. The van der Waals surface area contributed by atoms with Crippen LogP contribution in [-0.4, -0.2) is 15.9 Å². The van der Waals surface area contributed by atoms with Crippen molar-refractivity contribution in [3.05, 3.63) is 70.0 Å². The molecule has 0 aliphatic carbocycles. The fraction of sp³-hybridized carbons (Fsp3) is 0.0769. The van der Waals surface area contributed by atoms with Crippen LogP contribution in [0.1, 0.15) is 15.9 Å². The second-order valence-corrected chi connectivity index (χ2v) is 3.74. The topological polar surface area (TPSA) is 82.3 Å². The standard InChI is InChI=1S/C13H10N2O4/c16-13(11-5-7-14-8-6-11)19-9-10-1-3-12(4-2-10)15(17)18/h1-8H,9H2. The number of aromatic nitrogens is 1. The lowest BCUT2D eigenvalue weighted by molar-refractivity contribution is -0.384. The van der Waals surface area contributed by atoms with Gasteiger partial charge in [-0.15, -0.1) is 0 Å². The Hall–Kier alpha value is -2.76. The molecule has 0 N–H and O–H groups in total. The Balaban J connectivity index is 1.95. The SMILES string of the molecule is O=C(OCc1ccc([N+](=O)[O-])cc1)c1ccncc1. The number of carbonyl (C=O) groups is 1. The van der Waals surface area contributed by atoms with Gasteiger partial charge >= 0.3 is 5.97 Å². The molecule has 96 valence electrons. The lowest BCUT2D eigenvalue weighted by Crippen LogP contribution is -2.05. The molecule has 2 rings (SSSR count). The van der Waals surface area contributed by atoms with Gasteiger partial charge in [-0.1, -0.05) is 0 Å². The average molecular weight is 258 g/mol. The molecule has 0 atom stereocenters. The zero-order valence-corrected chi connectivity index (χ0v) is 9.85. The molecule has 0 aliphatic heterocycles. The minimum atomic E-state index is -0.479. The summed E-state index contributed by atoms with van der Waals surface area (Å²) in [5, 5.41) is 10.5. The maximum atomic E-state index is 11.6. The lowest BCUT2D eigenvalue weighted by atomic mass is 10.2. The van der Waals surface area contributed by atoms with Crippen molar-refractivity contribution in [2.75, 3.05) is 0 Å². The Morgan fingerprint density at radius 1 is 1.16 bits per heavy atom. The van der Waals surface area contributed by atoms with Gasteiger partial charge in [0.05, 0.1) is 10.5 Å². The molecule has 2 aromatic rings. The highest BCUT2D eigenvalue weighted by Crippen LogP contribution is 2.13. The van der Waals surface area contributed by atoms with E-state index < -0.39 is 10.9 Å². The van der Waals surface area contributed by atoms with Gasteiger partial charge in [0.2, 0.25) is 0 Å².